The minimum atomic E-state index is -4.02. The predicted octanol–water partition coefficient (Wildman–Crippen LogP) is 4.83. The van der Waals surface area contributed by atoms with Crippen LogP contribution >= 0.6 is 23.2 Å². The summed E-state index contributed by atoms with van der Waals surface area (Å²) in [4.78, 5) is 12.2. The van der Waals surface area contributed by atoms with E-state index in [1.54, 1.807) is 30.3 Å². The molecule has 154 valence electrons. The van der Waals surface area contributed by atoms with E-state index < -0.39 is 16.0 Å². The van der Waals surface area contributed by atoms with E-state index in [4.69, 9.17) is 27.4 Å². The van der Waals surface area contributed by atoms with Gasteiger partial charge in [-0.2, -0.15) is 13.5 Å². The van der Waals surface area contributed by atoms with Crippen LogP contribution in [-0.4, -0.2) is 20.5 Å². The molecule has 0 heterocycles. The van der Waals surface area contributed by atoms with Gasteiger partial charge in [0.2, 0.25) is 0 Å². The molecule has 30 heavy (non-hydrogen) atoms. The van der Waals surface area contributed by atoms with Crippen LogP contribution < -0.4 is 9.61 Å². The quantitative estimate of drug-likeness (QED) is 0.322. The first kappa shape index (κ1) is 21.8. The van der Waals surface area contributed by atoms with E-state index in [0.29, 0.717) is 10.6 Å². The third-order valence-corrected chi connectivity index (χ3v) is 5.97. The van der Waals surface area contributed by atoms with Crippen molar-refractivity contribution in [2.75, 3.05) is 0 Å². The fraction of sp³-hybridized carbons (Fsp3) is 0.0476. The van der Waals surface area contributed by atoms with Crippen molar-refractivity contribution in [2.24, 2.45) is 5.10 Å². The molecule has 0 saturated heterocycles. The second-order valence-corrected chi connectivity index (χ2v) is 8.58. The number of nitrogens with zero attached hydrogens (tertiary/aromatic N) is 1. The predicted molar refractivity (Wildman–Crippen MR) is 117 cm³/mol. The maximum atomic E-state index is 12.5. The lowest BCUT2D eigenvalue weighted by Crippen LogP contribution is -2.17. The molecule has 0 unspecified atom stereocenters. The molecular formula is C21H16Cl2N2O4S. The molecule has 0 aliphatic heterocycles. The molecule has 0 spiro atoms. The van der Waals surface area contributed by atoms with E-state index in [1.165, 1.54) is 42.6 Å². The van der Waals surface area contributed by atoms with Gasteiger partial charge < -0.3 is 4.18 Å². The van der Waals surface area contributed by atoms with Crippen LogP contribution in [0.5, 0.6) is 5.75 Å². The van der Waals surface area contributed by atoms with E-state index in [1.807, 2.05) is 6.92 Å². The Labute approximate surface area is 184 Å². The summed E-state index contributed by atoms with van der Waals surface area (Å²) in [6, 6.07) is 17.1. The largest absolute Gasteiger partial charge is 0.378 e. The highest BCUT2D eigenvalue weighted by Gasteiger charge is 2.18. The minimum Gasteiger partial charge on any atom is -0.378 e. The number of hydrazone groups is 1. The monoisotopic (exact) mass is 462 g/mol. The fourth-order valence-electron chi connectivity index (χ4n) is 2.40. The molecule has 0 aliphatic rings. The zero-order valence-electron chi connectivity index (χ0n) is 15.7. The van der Waals surface area contributed by atoms with Gasteiger partial charge in [-0.1, -0.05) is 53.0 Å². The standard InChI is InChI=1S/C21H16Cl2N2O4S/c1-14-6-9-17(10-7-14)30(27,28)29-20-5-3-2-4-16(20)13-24-25-21(26)15-8-11-18(22)19(23)12-15/h2-13H,1H3,(H,25,26)/b24-13+. The van der Waals surface area contributed by atoms with Crippen molar-refractivity contribution in [1.29, 1.82) is 0 Å². The average molecular weight is 463 g/mol. The van der Waals surface area contributed by atoms with Gasteiger partial charge in [-0.15, -0.1) is 0 Å². The van der Waals surface area contributed by atoms with Crippen LogP contribution in [0.15, 0.2) is 76.7 Å². The number of hydrogen-bond donors (Lipinski definition) is 1. The molecule has 0 aliphatic carbocycles. The van der Waals surface area contributed by atoms with Gasteiger partial charge in [-0.3, -0.25) is 4.79 Å². The van der Waals surface area contributed by atoms with Crippen LogP contribution in [0.2, 0.25) is 10.0 Å². The van der Waals surface area contributed by atoms with Crippen molar-refractivity contribution in [2.45, 2.75) is 11.8 Å². The molecular weight excluding hydrogens is 447 g/mol. The molecule has 3 aromatic carbocycles. The lowest BCUT2D eigenvalue weighted by Gasteiger charge is -2.09. The third-order valence-electron chi connectivity index (χ3n) is 3.98. The molecule has 0 fully saturated rings. The first-order chi connectivity index (χ1) is 14.3. The molecule has 0 saturated carbocycles. The van der Waals surface area contributed by atoms with Gasteiger partial charge in [0.1, 0.15) is 4.90 Å². The number of carbonyl (C=O) groups is 1. The number of carbonyl (C=O) groups excluding carboxylic acids is 1. The highest BCUT2D eigenvalue weighted by Crippen LogP contribution is 2.23. The van der Waals surface area contributed by atoms with Crippen molar-refractivity contribution >= 4 is 45.4 Å². The van der Waals surface area contributed by atoms with Crippen molar-refractivity contribution < 1.29 is 17.4 Å². The topological polar surface area (TPSA) is 84.8 Å². The Kier molecular flexibility index (Phi) is 6.77. The Bertz CT molecular complexity index is 1210. The molecule has 3 aromatic rings. The van der Waals surface area contributed by atoms with Crippen LogP contribution in [0.1, 0.15) is 21.5 Å². The Morgan fingerprint density at radius 3 is 2.40 bits per heavy atom. The van der Waals surface area contributed by atoms with E-state index >= 15 is 0 Å². The number of rotatable bonds is 6. The molecule has 9 heteroatoms. The van der Waals surface area contributed by atoms with Gasteiger partial charge in [-0.05, 0) is 49.4 Å². The summed E-state index contributed by atoms with van der Waals surface area (Å²) in [7, 11) is -4.02. The normalized spacial score (nSPS) is 11.4. The number of aryl methyl sites for hydroxylation is 1. The SMILES string of the molecule is Cc1ccc(S(=O)(=O)Oc2ccccc2/C=N/NC(=O)c2ccc(Cl)c(Cl)c2)cc1. The summed E-state index contributed by atoms with van der Waals surface area (Å²) in [5.74, 6) is -0.430. The number of halogens is 2. The molecule has 1 amide bonds. The van der Waals surface area contributed by atoms with E-state index in [0.717, 1.165) is 5.56 Å². The summed E-state index contributed by atoms with van der Waals surface area (Å²) in [5, 5.41) is 4.44. The van der Waals surface area contributed by atoms with Crippen molar-refractivity contribution in [3.8, 4) is 5.75 Å². The first-order valence-corrected chi connectivity index (χ1v) is 10.8. The average Bonchev–Trinajstić information content (AvgIpc) is 2.71. The molecule has 6 nitrogen and oxygen atoms in total. The molecule has 3 rings (SSSR count). The number of amides is 1. The minimum absolute atomic E-state index is 0.0350. The number of hydrogen-bond acceptors (Lipinski definition) is 5. The smallest absolute Gasteiger partial charge is 0.339 e. The van der Waals surface area contributed by atoms with Crippen molar-refractivity contribution in [3.05, 3.63) is 93.5 Å². The van der Waals surface area contributed by atoms with E-state index in [9.17, 15) is 13.2 Å². The Balaban J connectivity index is 1.75. The van der Waals surface area contributed by atoms with Crippen LogP contribution in [-0.2, 0) is 10.1 Å². The van der Waals surface area contributed by atoms with Crippen LogP contribution in [0.25, 0.3) is 0 Å². The van der Waals surface area contributed by atoms with Crippen LogP contribution in [0.4, 0.5) is 0 Å². The van der Waals surface area contributed by atoms with Crippen LogP contribution in [0.3, 0.4) is 0 Å². The second kappa shape index (κ2) is 9.30. The molecule has 0 bridgehead atoms. The van der Waals surface area contributed by atoms with E-state index in [2.05, 4.69) is 10.5 Å². The van der Waals surface area contributed by atoms with Gasteiger partial charge in [-0.25, -0.2) is 5.43 Å². The fourth-order valence-corrected chi connectivity index (χ4v) is 3.65. The van der Waals surface area contributed by atoms with Gasteiger partial charge in [0.15, 0.2) is 5.75 Å². The van der Waals surface area contributed by atoms with E-state index in [-0.39, 0.29) is 21.2 Å². The first-order valence-electron chi connectivity index (χ1n) is 8.65. The number of nitrogens with one attached hydrogen (secondary N) is 1. The Morgan fingerprint density at radius 1 is 1.00 bits per heavy atom. The van der Waals surface area contributed by atoms with Crippen LogP contribution in [0, 0.1) is 6.92 Å². The van der Waals surface area contributed by atoms with Crippen molar-refractivity contribution in [3.63, 3.8) is 0 Å². The lowest BCUT2D eigenvalue weighted by atomic mass is 10.2. The maximum Gasteiger partial charge on any atom is 0.339 e. The van der Waals surface area contributed by atoms with Gasteiger partial charge in [0, 0.05) is 11.1 Å². The maximum absolute atomic E-state index is 12.5. The van der Waals surface area contributed by atoms with Gasteiger partial charge in [0.25, 0.3) is 5.91 Å². The second-order valence-electron chi connectivity index (χ2n) is 6.22. The summed E-state index contributed by atoms with van der Waals surface area (Å²) in [6.07, 6.45) is 1.29. The molecule has 0 aromatic heterocycles. The Morgan fingerprint density at radius 2 is 1.70 bits per heavy atom. The summed E-state index contributed by atoms with van der Waals surface area (Å²) >= 11 is 11.7. The summed E-state index contributed by atoms with van der Waals surface area (Å²) < 4.78 is 30.3. The molecule has 1 N–H and O–H groups in total. The van der Waals surface area contributed by atoms with Gasteiger partial charge in [0.05, 0.1) is 16.3 Å². The van der Waals surface area contributed by atoms with Crippen molar-refractivity contribution in [1.82, 2.24) is 5.43 Å². The number of benzene rings is 3. The summed E-state index contributed by atoms with van der Waals surface area (Å²) in [5.41, 5.74) is 3.91. The Hall–Kier alpha value is -2.87. The highest BCUT2D eigenvalue weighted by molar-refractivity contribution is 7.87. The highest BCUT2D eigenvalue weighted by atomic mass is 35.5. The summed E-state index contributed by atoms with van der Waals surface area (Å²) in [6.45, 7) is 1.86. The zero-order chi connectivity index (χ0) is 21.7. The van der Waals surface area contributed by atoms with Gasteiger partial charge >= 0.3 is 10.1 Å². The lowest BCUT2D eigenvalue weighted by molar-refractivity contribution is 0.0955. The number of para-hydroxylation sites is 1. The third kappa shape index (κ3) is 5.38. The molecule has 0 radical (unpaired) electrons. The zero-order valence-corrected chi connectivity index (χ0v) is 18.0. The molecule has 0 atom stereocenters.